The Morgan fingerprint density at radius 1 is 0.964 bits per heavy atom. The van der Waals surface area contributed by atoms with Gasteiger partial charge in [0.2, 0.25) is 0 Å². The average molecular weight is 399 g/mol. The highest BCUT2D eigenvalue weighted by molar-refractivity contribution is 6.30. The zero-order valence-corrected chi connectivity index (χ0v) is 15.1. The minimum atomic E-state index is -1.17. The molecule has 0 saturated carbocycles. The molecule has 140 valence electrons. The molecular formula is C21H13ClF2N2O2. The van der Waals surface area contributed by atoms with Gasteiger partial charge < -0.3 is 9.63 Å². The molecule has 2 heterocycles. The Hall–Kier alpha value is -3.09. The smallest absolute Gasteiger partial charge is 0.173 e. The van der Waals surface area contributed by atoms with Crippen molar-refractivity contribution in [3.8, 4) is 22.6 Å². The summed E-state index contributed by atoms with van der Waals surface area (Å²) >= 11 is 5.95. The number of hydrogen-bond donors (Lipinski definition) is 1. The minimum Gasteiger partial charge on any atom is -0.383 e. The van der Waals surface area contributed by atoms with Crippen LogP contribution in [0.4, 0.5) is 8.78 Å². The number of halogens is 3. The summed E-state index contributed by atoms with van der Waals surface area (Å²) in [5.74, 6) is -1.46. The van der Waals surface area contributed by atoms with Crippen LogP contribution in [0, 0.1) is 11.6 Å². The summed E-state index contributed by atoms with van der Waals surface area (Å²) in [4.78, 5) is 4.01. The molecule has 4 aromatic rings. The maximum Gasteiger partial charge on any atom is 0.173 e. The summed E-state index contributed by atoms with van der Waals surface area (Å²) in [5, 5.41) is 15.6. The highest BCUT2D eigenvalue weighted by Crippen LogP contribution is 2.39. The SMILES string of the molecule is OC(c1cccnc1)c1c(-c2ccc(Cl)cc2)noc1-c1cc(F)cc(F)c1. The quantitative estimate of drug-likeness (QED) is 0.499. The number of hydrogen-bond acceptors (Lipinski definition) is 4. The van der Waals surface area contributed by atoms with Crippen LogP contribution in [0.15, 0.2) is 71.5 Å². The second kappa shape index (κ2) is 7.50. The predicted molar refractivity (Wildman–Crippen MR) is 101 cm³/mol. The Kier molecular flexibility index (Phi) is 4.90. The van der Waals surface area contributed by atoms with E-state index in [1.807, 2.05) is 0 Å². The largest absolute Gasteiger partial charge is 0.383 e. The van der Waals surface area contributed by atoms with Gasteiger partial charge in [0.05, 0.1) is 5.56 Å². The van der Waals surface area contributed by atoms with Crippen LogP contribution in [0.5, 0.6) is 0 Å². The van der Waals surface area contributed by atoms with Gasteiger partial charge in [-0.2, -0.15) is 0 Å². The molecule has 2 aromatic carbocycles. The maximum absolute atomic E-state index is 13.8. The van der Waals surface area contributed by atoms with Crippen LogP contribution in [0.25, 0.3) is 22.6 Å². The fourth-order valence-corrected chi connectivity index (χ4v) is 3.09. The molecule has 0 aliphatic carbocycles. The predicted octanol–water partition coefficient (Wildman–Crippen LogP) is 5.42. The van der Waals surface area contributed by atoms with Crippen LogP contribution in [0.1, 0.15) is 17.2 Å². The minimum absolute atomic E-state index is 0.0692. The van der Waals surface area contributed by atoms with Gasteiger partial charge in [-0.15, -0.1) is 0 Å². The van der Waals surface area contributed by atoms with Crippen molar-refractivity contribution < 1.29 is 18.4 Å². The first-order valence-electron chi connectivity index (χ1n) is 8.33. The van der Waals surface area contributed by atoms with E-state index < -0.39 is 17.7 Å². The Morgan fingerprint density at radius 3 is 2.32 bits per heavy atom. The Bertz CT molecular complexity index is 1090. The van der Waals surface area contributed by atoms with E-state index in [0.29, 0.717) is 21.8 Å². The summed E-state index contributed by atoms with van der Waals surface area (Å²) in [6.45, 7) is 0. The molecule has 7 heteroatoms. The lowest BCUT2D eigenvalue weighted by Crippen LogP contribution is -2.03. The van der Waals surface area contributed by atoms with Crippen molar-refractivity contribution >= 4 is 11.6 Å². The highest BCUT2D eigenvalue weighted by atomic mass is 35.5. The van der Waals surface area contributed by atoms with E-state index in [1.165, 1.54) is 6.20 Å². The first-order chi connectivity index (χ1) is 13.5. The van der Waals surface area contributed by atoms with Gasteiger partial charge in [0.15, 0.2) is 5.76 Å². The van der Waals surface area contributed by atoms with Crippen molar-refractivity contribution in [1.29, 1.82) is 0 Å². The fourth-order valence-electron chi connectivity index (χ4n) is 2.96. The van der Waals surface area contributed by atoms with Crippen LogP contribution in [0.2, 0.25) is 5.02 Å². The number of rotatable bonds is 4. The Balaban J connectivity index is 1.93. The number of nitrogens with zero attached hydrogens (tertiary/aromatic N) is 2. The average Bonchev–Trinajstić information content (AvgIpc) is 3.13. The highest BCUT2D eigenvalue weighted by Gasteiger charge is 2.27. The fraction of sp³-hybridized carbons (Fsp3) is 0.0476. The molecule has 0 amide bonds. The van der Waals surface area contributed by atoms with Crippen LogP contribution in [0.3, 0.4) is 0 Å². The molecule has 1 atom stereocenters. The molecule has 2 aromatic heterocycles. The number of aliphatic hydroxyl groups excluding tert-OH is 1. The van der Waals surface area contributed by atoms with Crippen molar-refractivity contribution in [2.24, 2.45) is 0 Å². The van der Waals surface area contributed by atoms with Crippen LogP contribution >= 0.6 is 11.6 Å². The van der Waals surface area contributed by atoms with Gasteiger partial charge >= 0.3 is 0 Å². The third kappa shape index (κ3) is 3.52. The third-order valence-corrected chi connectivity index (χ3v) is 4.50. The van der Waals surface area contributed by atoms with Crippen molar-refractivity contribution in [3.63, 3.8) is 0 Å². The lowest BCUT2D eigenvalue weighted by molar-refractivity contribution is 0.220. The molecule has 0 fully saturated rings. The molecular weight excluding hydrogens is 386 g/mol. The molecule has 0 bridgehead atoms. The molecule has 28 heavy (non-hydrogen) atoms. The van der Waals surface area contributed by atoms with Gasteiger partial charge in [0.1, 0.15) is 23.4 Å². The van der Waals surface area contributed by atoms with E-state index in [4.69, 9.17) is 16.1 Å². The van der Waals surface area contributed by atoms with Crippen molar-refractivity contribution in [3.05, 3.63) is 94.8 Å². The van der Waals surface area contributed by atoms with Crippen molar-refractivity contribution in [2.45, 2.75) is 6.10 Å². The van der Waals surface area contributed by atoms with Crippen LogP contribution in [-0.2, 0) is 0 Å². The summed E-state index contributed by atoms with van der Waals surface area (Å²) in [6.07, 6.45) is 1.90. The van der Waals surface area contributed by atoms with Gasteiger partial charge in [-0.25, -0.2) is 8.78 Å². The van der Waals surface area contributed by atoms with E-state index in [9.17, 15) is 13.9 Å². The molecule has 0 radical (unpaired) electrons. The van der Waals surface area contributed by atoms with Crippen LogP contribution < -0.4 is 0 Å². The maximum atomic E-state index is 13.8. The number of aliphatic hydroxyl groups is 1. The first kappa shape index (κ1) is 18.3. The molecule has 0 saturated heterocycles. The lowest BCUT2D eigenvalue weighted by atomic mass is 9.95. The van der Waals surface area contributed by atoms with Crippen molar-refractivity contribution in [2.75, 3.05) is 0 Å². The lowest BCUT2D eigenvalue weighted by Gasteiger charge is -2.12. The molecule has 0 spiro atoms. The zero-order valence-electron chi connectivity index (χ0n) is 14.3. The normalized spacial score (nSPS) is 12.1. The topological polar surface area (TPSA) is 59.2 Å². The molecule has 0 aliphatic rings. The molecule has 4 rings (SSSR count). The third-order valence-electron chi connectivity index (χ3n) is 4.24. The van der Waals surface area contributed by atoms with Crippen LogP contribution in [-0.4, -0.2) is 15.2 Å². The van der Waals surface area contributed by atoms with Gasteiger partial charge in [-0.3, -0.25) is 4.98 Å². The molecule has 1 unspecified atom stereocenters. The second-order valence-corrected chi connectivity index (χ2v) is 6.56. The van der Waals surface area contributed by atoms with E-state index in [1.54, 1.807) is 42.6 Å². The van der Waals surface area contributed by atoms with E-state index in [2.05, 4.69) is 10.1 Å². The van der Waals surface area contributed by atoms with E-state index in [-0.39, 0.29) is 16.9 Å². The van der Waals surface area contributed by atoms with E-state index in [0.717, 1.165) is 18.2 Å². The monoisotopic (exact) mass is 398 g/mol. The first-order valence-corrected chi connectivity index (χ1v) is 8.70. The standard InChI is InChI=1S/C21H13ClF2N2O2/c22-15-5-3-12(4-6-15)19-18(20(27)13-2-1-7-25-11-13)21(28-26-19)14-8-16(23)10-17(24)9-14/h1-11,20,27H. The number of aromatic nitrogens is 2. The summed E-state index contributed by atoms with van der Waals surface area (Å²) in [7, 11) is 0. The van der Waals surface area contributed by atoms with Gasteiger partial charge in [-0.1, -0.05) is 35.0 Å². The van der Waals surface area contributed by atoms with E-state index >= 15 is 0 Å². The second-order valence-electron chi connectivity index (χ2n) is 6.13. The summed E-state index contributed by atoms with van der Waals surface area (Å²) in [6, 6.07) is 13.1. The Labute approximate surface area is 164 Å². The van der Waals surface area contributed by atoms with Gasteiger partial charge in [0.25, 0.3) is 0 Å². The number of benzene rings is 2. The number of pyridine rings is 1. The Morgan fingerprint density at radius 2 is 1.68 bits per heavy atom. The van der Waals surface area contributed by atoms with Crippen molar-refractivity contribution in [1.82, 2.24) is 10.1 Å². The zero-order chi connectivity index (χ0) is 19.7. The van der Waals surface area contributed by atoms with Gasteiger partial charge in [-0.05, 0) is 30.3 Å². The summed E-state index contributed by atoms with van der Waals surface area (Å²) in [5.41, 5.74) is 1.87. The molecule has 0 aliphatic heterocycles. The molecule has 4 nitrogen and oxygen atoms in total. The van der Waals surface area contributed by atoms with Gasteiger partial charge in [0, 0.05) is 40.2 Å². The summed E-state index contributed by atoms with van der Waals surface area (Å²) < 4.78 is 32.9. The molecule has 1 N–H and O–H groups in total.